The van der Waals surface area contributed by atoms with Crippen LogP contribution in [-0.2, 0) is 11.2 Å². The first-order valence-corrected chi connectivity index (χ1v) is 4.27. The second kappa shape index (κ2) is 5.18. The Balaban J connectivity index is 2.32. The molecule has 0 fully saturated rings. The summed E-state index contributed by atoms with van der Waals surface area (Å²) in [6.45, 7) is 0.850. The van der Waals surface area contributed by atoms with Crippen molar-refractivity contribution in [2.24, 2.45) is 11.5 Å². The molecule has 0 atom stereocenters. The second-order valence-corrected chi connectivity index (χ2v) is 2.68. The maximum absolute atomic E-state index is 10.4. The molecule has 0 bridgehead atoms. The highest BCUT2D eigenvalue weighted by Crippen LogP contribution is 2.04. The topological polar surface area (TPSA) is 120 Å². The van der Waals surface area contributed by atoms with E-state index in [9.17, 15) is 4.79 Å². The minimum Gasteiger partial charge on any atom is -0.408 e. The van der Waals surface area contributed by atoms with Gasteiger partial charge in [0.1, 0.15) is 0 Å². The van der Waals surface area contributed by atoms with Crippen LogP contribution in [0, 0.1) is 0 Å². The van der Waals surface area contributed by atoms with Crippen molar-refractivity contribution in [3.05, 3.63) is 5.89 Å². The van der Waals surface area contributed by atoms with Gasteiger partial charge in [0.2, 0.25) is 11.8 Å². The van der Waals surface area contributed by atoms with E-state index in [4.69, 9.17) is 15.9 Å². The van der Waals surface area contributed by atoms with E-state index in [1.807, 2.05) is 0 Å². The van der Waals surface area contributed by atoms with E-state index in [0.717, 1.165) is 0 Å². The average Bonchev–Trinajstić information content (AvgIpc) is 2.53. The van der Waals surface area contributed by atoms with Crippen molar-refractivity contribution in [1.82, 2.24) is 10.2 Å². The van der Waals surface area contributed by atoms with Gasteiger partial charge in [0.25, 0.3) is 0 Å². The van der Waals surface area contributed by atoms with Crippen LogP contribution in [0.15, 0.2) is 4.42 Å². The Bertz CT molecular complexity index is 298. The van der Waals surface area contributed by atoms with Gasteiger partial charge in [-0.1, -0.05) is 5.10 Å². The van der Waals surface area contributed by atoms with Crippen molar-refractivity contribution in [1.29, 1.82) is 0 Å². The molecule has 7 nitrogen and oxygen atoms in total. The van der Waals surface area contributed by atoms with Crippen LogP contribution in [0.1, 0.15) is 12.3 Å². The molecule has 1 aromatic rings. The Morgan fingerprint density at radius 1 is 1.50 bits per heavy atom. The molecule has 1 rings (SSSR count). The van der Waals surface area contributed by atoms with Crippen LogP contribution in [0.3, 0.4) is 0 Å². The number of nitrogens with zero attached hydrogens (tertiary/aromatic N) is 2. The lowest BCUT2D eigenvalue weighted by atomic mass is 10.4. The second-order valence-electron chi connectivity index (χ2n) is 2.68. The molecule has 0 saturated heterocycles. The van der Waals surface area contributed by atoms with E-state index in [1.165, 1.54) is 0 Å². The summed E-state index contributed by atoms with van der Waals surface area (Å²) in [5, 5.41) is 10.2. The summed E-state index contributed by atoms with van der Waals surface area (Å²) >= 11 is 0. The third-order valence-electron chi connectivity index (χ3n) is 1.47. The van der Waals surface area contributed by atoms with Crippen LogP contribution < -0.4 is 16.8 Å². The average molecular weight is 199 g/mol. The number of hydrogen-bond acceptors (Lipinski definition) is 6. The Morgan fingerprint density at radius 2 is 2.29 bits per heavy atom. The molecule has 0 aromatic carbocycles. The lowest BCUT2D eigenvalue weighted by molar-refractivity contribution is -0.117. The fourth-order valence-electron chi connectivity index (χ4n) is 0.842. The Labute approximate surface area is 80.8 Å². The number of carbonyl (C=O) groups is 1. The number of anilines is 1. The maximum atomic E-state index is 10.4. The predicted molar refractivity (Wildman–Crippen MR) is 49.4 cm³/mol. The zero-order chi connectivity index (χ0) is 10.4. The number of hydrogen-bond donors (Lipinski definition) is 3. The molecule has 1 amide bonds. The molecule has 0 spiro atoms. The number of nitrogens with two attached hydrogens (primary N) is 2. The van der Waals surface area contributed by atoms with Gasteiger partial charge in [-0.2, -0.15) is 0 Å². The fraction of sp³-hybridized carbons (Fsp3) is 0.571. The quantitative estimate of drug-likeness (QED) is 0.532. The highest BCUT2D eigenvalue weighted by Gasteiger charge is 2.04. The molecule has 78 valence electrons. The van der Waals surface area contributed by atoms with E-state index in [-0.39, 0.29) is 18.3 Å². The van der Waals surface area contributed by atoms with Crippen LogP contribution in [0.2, 0.25) is 0 Å². The van der Waals surface area contributed by atoms with Crippen molar-refractivity contribution in [2.45, 2.75) is 12.8 Å². The SMILES string of the molecule is NCCc1nnc(NCCC(N)=O)o1. The molecule has 14 heavy (non-hydrogen) atoms. The molecule has 1 aromatic heterocycles. The fourth-order valence-corrected chi connectivity index (χ4v) is 0.842. The van der Waals surface area contributed by atoms with Crippen molar-refractivity contribution in [2.75, 3.05) is 18.4 Å². The van der Waals surface area contributed by atoms with Gasteiger partial charge in [-0.05, 0) is 0 Å². The van der Waals surface area contributed by atoms with Crippen LogP contribution in [0.5, 0.6) is 0 Å². The van der Waals surface area contributed by atoms with Gasteiger partial charge >= 0.3 is 6.01 Å². The summed E-state index contributed by atoms with van der Waals surface area (Å²) in [5.41, 5.74) is 10.2. The number of amides is 1. The summed E-state index contributed by atoms with van der Waals surface area (Å²) in [5.74, 6) is 0.105. The molecule has 0 unspecified atom stereocenters. The van der Waals surface area contributed by atoms with E-state index in [0.29, 0.717) is 25.4 Å². The van der Waals surface area contributed by atoms with Crippen LogP contribution in [0.4, 0.5) is 6.01 Å². The largest absolute Gasteiger partial charge is 0.408 e. The molecular formula is C7H13N5O2. The zero-order valence-electron chi connectivity index (χ0n) is 7.69. The molecule has 1 heterocycles. The third kappa shape index (κ3) is 3.40. The molecule has 0 aliphatic carbocycles. The molecular weight excluding hydrogens is 186 g/mol. The summed E-state index contributed by atoms with van der Waals surface area (Å²) < 4.78 is 5.14. The maximum Gasteiger partial charge on any atom is 0.315 e. The van der Waals surface area contributed by atoms with Gasteiger partial charge in [-0.15, -0.1) is 5.10 Å². The molecule has 0 aliphatic rings. The summed E-state index contributed by atoms with van der Waals surface area (Å²) in [6, 6.07) is 0.287. The van der Waals surface area contributed by atoms with E-state index < -0.39 is 0 Å². The van der Waals surface area contributed by atoms with Crippen molar-refractivity contribution in [3.8, 4) is 0 Å². The summed E-state index contributed by atoms with van der Waals surface area (Å²) in [6.07, 6.45) is 0.777. The van der Waals surface area contributed by atoms with Gasteiger partial charge in [0.05, 0.1) is 0 Å². The standard InChI is InChI=1S/C7H13N5O2/c8-3-1-6-11-12-7(14-6)10-4-2-5(9)13/h1-4,8H2,(H2,9,13)(H,10,12). The first-order valence-electron chi connectivity index (χ1n) is 4.27. The van der Waals surface area contributed by atoms with Crippen LogP contribution in [0.25, 0.3) is 0 Å². The van der Waals surface area contributed by atoms with Crippen molar-refractivity contribution < 1.29 is 9.21 Å². The van der Waals surface area contributed by atoms with E-state index in [2.05, 4.69) is 15.5 Å². The van der Waals surface area contributed by atoms with Crippen LogP contribution >= 0.6 is 0 Å². The number of primary amides is 1. The minimum absolute atomic E-state index is 0.231. The molecule has 0 saturated carbocycles. The van der Waals surface area contributed by atoms with Gasteiger partial charge in [-0.25, -0.2) is 0 Å². The van der Waals surface area contributed by atoms with Gasteiger partial charge in [0.15, 0.2) is 0 Å². The van der Waals surface area contributed by atoms with Gasteiger partial charge in [0, 0.05) is 25.9 Å². The Hall–Kier alpha value is -1.63. The zero-order valence-corrected chi connectivity index (χ0v) is 7.69. The Kier molecular flexibility index (Phi) is 3.86. The molecule has 0 aliphatic heterocycles. The Morgan fingerprint density at radius 3 is 2.93 bits per heavy atom. The highest BCUT2D eigenvalue weighted by atomic mass is 16.4. The minimum atomic E-state index is -0.376. The molecule has 0 radical (unpaired) electrons. The number of aromatic nitrogens is 2. The number of carbonyl (C=O) groups excluding carboxylic acids is 1. The molecule has 5 N–H and O–H groups in total. The third-order valence-corrected chi connectivity index (χ3v) is 1.47. The van der Waals surface area contributed by atoms with E-state index >= 15 is 0 Å². The number of nitrogens with one attached hydrogen (secondary N) is 1. The first-order chi connectivity index (χ1) is 6.72. The normalized spacial score (nSPS) is 10.1. The highest BCUT2D eigenvalue weighted by molar-refractivity contribution is 5.74. The van der Waals surface area contributed by atoms with Gasteiger partial charge in [-0.3, -0.25) is 4.79 Å². The van der Waals surface area contributed by atoms with Crippen molar-refractivity contribution >= 4 is 11.9 Å². The number of rotatable bonds is 6. The first kappa shape index (κ1) is 10.5. The predicted octanol–water partition coefficient (Wildman–Crippen LogP) is -1.14. The van der Waals surface area contributed by atoms with Crippen LogP contribution in [-0.4, -0.2) is 29.2 Å². The molecule has 7 heteroatoms. The summed E-state index contributed by atoms with van der Waals surface area (Å²) in [7, 11) is 0. The van der Waals surface area contributed by atoms with Gasteiger partial charge < -0.3 is 21.2 Å². The smallest absolute Gasteiger partial charge is 0.315 e. The van der Waals surface area contributed by atoms with E-state index in [1.54, 1.807) is 0 Å². The summed E-state index contributed by atoms with van der Waals surface area (Å²) in [4.78, 5) is 10.4. The monoisotopic (exact) mass is 199 g/mol. The lowest BCUT2D eigenvalue weighted by Crippen LogP contribution is -2.15. The van der Waals surface area contributed by atoms with Crippen molar-refractivity contribution in [3.63, 3.8) is 0 Å². The lowest BCUT2D eigenvalue weighted by Gasteiger charge is -1.96.